The molecule has 28 heavy (non-hydrogen) atoms. The van der Waals surface area contributed by atoms with Crippen LogP contribution in [0.4, 0.5) is 0 Å². The summed E-state index contributed by atoms with van der Waals surface area (Å²) in [4.78, 5) is 5.06. The van der Waals surface area contributed by atoms with Gasteiger partial charge in [-0.05, 0) is 43.3 Å². The van der Waals surface area contributed by atoms with Crippen LogP contribution >= 0.6 is 0 Å². The van der Waals surface area contributed by atoms with Crippen molar-refractivity contribution >= 4 is 10.0 Å². The first kappa shape index (κ1) is 20.8. The summed E-state index contributed by atoms with van der Waals surface area (Å²) in [5, 5.41) is 0. The normalized spacial score (nSPS) is 18.9. The lowest BCUT2D eigenvalue weighted by molar-refractivity contribution is 0.0892. The molecule has 0 amide bonds. The largest absolute Gasteiger partial charge is 0.497 e. The van der Waals surface area contributed by atoms with Gasteiger partial charge in [0.2, 0.25) is 10.0 Å². The predicted octanol–water partition coefficient (Wildman–Crippen LogP) is 2.35. The maximum absolute atomic E-state index is 12.4. The molecule has 0 bridgehead atoms. The van der Waals surface area contributed by atoms with E-state index in [1.807, 2.05) is 6.07 Å². The van der Waals surface area contributed by atoms with E-state index in [9.17, 15) is 8.42 Å². The van der Waals surface area contributed by atoms with Crippen molar-refractivity contribution in [3.63, 3.8) is 0 Å². The summed E-state index contributed by atoms with van der Waals surface area (Å²) in [5.41, 5.74) is 1.31. The molecule has 0 aromatic heterocycles. The Morgan fingerprint density at radius 2 is 1.79 bits per heavy atom. The molecule has 2 aromatic carbocycles. The summed E-state index contributed by atoms with van der Waals surface area (Å²) in [6.07, 6.45) is 0.766. The van der Waals surface area contributed by atoms with Gasteiger partial charge in [0.05, 0.1) is 12.0 Å². The van der Waals surface area contributed by atoms with Gasteiger partial charge in [0.25, 0.3) is 0 Å². The second-order valence-corrected chi connectivity index (χ2v) is 8.92. The first-order valence-electron chi connectivity index (χ1n) is 9.61. The molecule has 7 heteroatoms. The molecule has 1 fully saturated rings. The molecule has 0 radical (unpaired) electrons. The molecular formula is C21H29N3O3S. The number of hydrogen-bond acceptors (Lipinski definition) is 5. The number of hydrogen-bond donors (Lipinski definition) is 1. The molecular weight excluding hydrogens is 374 g/mol. The first-order chi connectivity index (χ1) is 13.5. The minimum absolute atomic E-state index is 0.259. The van der Waals surface area contributed by atoms with E-state index in [0.29, 0.717) is 18.3 Å². The third-order valence-electron chi connectivity index (χ3n) is 5.16. The van der Waals surface area contributed by atoms with Crippen LogP contribution in [0, 0.1) is 0 Å². The molecule has 0 unspecified atom stereocenters. The van der Waals surface area contributed by atoms with Gasteiger partial charge in [-0.3, -0.25) is 4.90 Å². The molecule has 1 saturated heterocycles. The summed E-state index contributed by atoms with van der Waals surface area (Å²) in [6.45, 7) is 4.28. The van der Waals surface area contributed by atoms with Crippen LogP contribution in [0.5, 0.6) is 5.75 Å². The molecule has 0 spiro atoms. The van der Waals surface area contributed by atoms with Crippen molar-refractivity contribution in [3.05, 3.63) is 60.2 Å². The lowest BCUT2D eigenvalue weighted by Crippen LogP contribution is -2.47. The average molecular weight is 404 g/mol. The van der Waals surface area contributed by atoms with Crippen LogP contribution in [0.15, 0.2) is 59.5 Å². The molecule has 0 aliphatic carbocycles. The number of methoxy groups -OCH3 is 1. The molecule has 1 heterocycles. The predicted molar refractivity (Wildman–Crippen MR) is 111 cm³/mol. The fourth-order valence-corrected chi connectivity index (χ4v) is 4.62. The molecule has 1 atom stereocenters. The van der Waals surface area contributed by atoms with Gasteiger partial charge in [0.1, 0.15) is 5.75 Å². The third kappa shape index (κ3) is 5.32. The highest BCUT2D eigenvalue weighted by atomic mass is 32.2. The zero-order valence-electron chi connectivity index (χ0n) is 16.5. The Labute approximate surface area is 168 Å². The summed E-state index contributed by atoms with van der Waals surface area (Å²) >= 11 is 0. The van der Waals surface area contributed by atoms with E-state index in [4.69, 9.17) is 4.74 Å². The van der Waals surface area contributed by atoms with Crippen LogP contribution in [-0.4, -0.2) is 65.1 Å². The van der Waals surface area contributed by atoms with Gasteiger partial charge in [-0.2, -0.15) is 0 Å². The summed E-state index contributed by atoms with van der Waals surface area (Å²) in [7, 11) is 0.212. The van der Waals surface area contributed by atoms with Crippen LogP contribution in [0.25, 0.3) is 0 Å². The number of sulfonamides is 1. The van der Waals surface area contributed by atoms with Crippen LogP contribution in [0.2, 0.25) is 0 Å². The van der Waals surface area contributed by atoms with Crippen molar-refractivity contribution in [1.29, 1.82) is 0 Å². The molecule has 1 aliphatic rings. The Bertz CT molecular complexity index is 841. The number of rotatable bonds is 8. The summed E-state index contributed by atoms with van der Waals surface area (Å²) in [6, 6.07) is 17.3. The van der Waals surface area contributed by atoms with Gasteiger partial charge in [0.15, 0.2) is 0 Å². The van der Waals surface area contributed by atoms with Crippen molar-refractivity contribution < 1.29 is 13.2 Å². The topological polar surface area (TPSA) is 61.9 Å². The minimum atomic E-state index is -3.49. The van der Waals surface area contributed by atoms with Crippen LogP contribution in [0.1, 0.15) is 18.0 Å². The van der Waals surface area contributed by atoms with Gasteiger partial charge >= 0.3 is 0 Å². The highest BCUT2D eigenvalue weighted by Gasteiger charge is 2.26. The van der Waals surface area contributed by atoms with E-state index in [0.717, 1.165) is 32.6 Å². The number of nitrogens with zero attached hydrogens (tertiary/aromatic N) is 2. The summed E-state index contributed by atoms with van der Waals surface area (Å²) in [5.74, 6) is 0.640. The Balaban J connectivity index is 1.54. The fourth-order valence-electron chi connectivity index (χ4n) is 3.54. The number of piperazine rings is 1. The lowest BCUT2D eigenvalue weighted by Gasteiger charge is -2.40. The van der Waals surface area contributed by atoms with Gasteiger partial charge in [0, 0.05) is 38.8 Å². The van der Waals surface area contributed by atoms with E-state index in [1.165, 1.54) is 5.56 Å². The monoisotopic (exact) mass is 403 g/mol. The fraction of sp³-hybridized carbons (Fsp3) is 0.429. The van der Waals surface area contributed by atoms with E-state index < -0.39 is 10.0 Å². The zero-order chi connectivity index (χ0) is 20.0. The Morgan fingerprint density at radius 1 is 1.07 bits per heavy atom. The van der Waals surface area contributed by atoms with E-state index in [2.05, 4.69) is 45.8 Å². The van der Waals surface area contributed by atoms with Crippen molar-refractivity contribution in [1.82, 2.24) is 14.5 Å². The SMILES string of the molecule is COc1ccc(S(=O)(=O)NCCCN2CCN(C)C[C@H]2c2ccccc2)cc1. The second kappa shape index (κ2) is 9.52. The van der Waals surface area contributed by atoms with Gasteiger partial charge in [-0.25, -0.2) is 13.1 Å². The van der Waals surface area contributed by atoms with Crippen molar-refractivity contribution in [2.45, 2.75) is 17.4 Å². The van der Waals surface area contributed by atoms with Gasteiger partial charge < -0.3 is 9.64 Å². The standard InChI is InChI=1S/C21H29N3O3S/c1-23-15-16-24(21(17-23)18-7-4-3-5-8-18)14-6-13-22-28(25,26)20-11-9-19(27-2)10-12-20/h3-5,7-12,21-22H,6,13-17H2,1-2H3/t21-/m0/s1. The zero-order valence-corrected chi connectivity index (χ0v) is 17.4. The minimum Gasteiger partial charge on any atom is -0.497 e. The maximum Gasteiger partial charge on any atom is 0.240 e. The third-order valence-corrected chi connectivity index (χ3v) is 6.64. The van der Waals surface area contributed by atoms with Crippen LogP contribution in [-0.2, 0) is 10.0 Å². The Morgan fingerprint density at radius 3 is 2.46 bits per heavy atom. The van der Waals surface area contributed by atoms with Gasteiger partial charge in [-0.1, -0.05) is 30.3 Å². The maximum atomic E-state index is 12.4. The molecule has 152 valence electrons. The highest BCUT2D eigenvalue weighted by Crippen LogP contribution is 2.24. The smallest absolute Gasteiger partial charge is 0.240 e. The Hall–Kier alpha value is -1.93. The average Bonchev–Trinajstić information content (AvgIpc) is 2.72. The second-order valence-electron chi connectivity index (χ2n) is 7.15. The molecule has 1 aliphatic heterocycles. The number of benzene rings is 2. The lowest BCUT2D eigenvalue weighted by atomic mass is 10.0. The molecule has 0 saturated carbocycles. The highest BCUT2D eigenvalue weighted by molar-refractivity contribution is 7.89. The summed E-state index contributed by atoms with van der Waals surface area (Å²) < 4.78 is 32.7. The number of nitrogens with one attached hydrogen (secondary N) is 1. The van der Waals surface area contributed by atoms with E-state index >= 15 is 0 Å². The van der Waals surface area contributed by atoms with Crippen LogP contribution < -0.4 is 9.46 Å². The number of ether oxygens (including phenoxy) is 1. The van der Waals surface area contributed by atoms with Crippen molar-refractivity contribution in [3.8, 4) is 5.75 Å². The van der Waals surface area contributed by atoms with Crippen LogP contribution in [0.3, 0.4) is 0 Å². The first-order valence-corrected chi connectivity index (χ1v) is 11.1. The van der Waals surface area contributed by atoms with Gasteiger partial charge in [-0.15, -0.1) is 0 Å². The van der Waals surface area contributed by atoms with Crippen molar-refractivity contribution in [2.24, 2.45) is 0 Å². The molecule has 3 rings (SSSR count). The quantitative estimate of drug-likeness (QED) is 0.686. The van der Waals surface area contributed by atoms with Crippen molar-refractivity contribution in [2.75, 3.05) is 46.9 Å². The molecule has 6 nitrogen and oxygen atoms in total. The van der Waals surface area contributed by atoms with E-state index in [-0.39, 0.29) is 4.90 Å². The molecule has 2 aromatic rings. The number of likely N-dealkylation sites (N-methyl/N-ethyl adjacent to an activating group) is 1. The Kier molecular flexibility index (Phi) is 7.07. The molecule has 1 N–H and O–H groups in total. The van der Waals surface area contributed by atoms with E-state index in [1.54, 1.807) is 31.4 Å².